The Morgan fingerprint density at radius 2 is 1.97 bits per heavy atom. The Hall–Kier alpha value is -3.81. The highest BCUT2D eigenvalue weighted by molar-refractivity contribution is 5.98. The zero-order valence-corrected chi connectivity index (χ0v) is 21.7. The molecule has 0 bridgehead atoms. The summed E-state index contributed by atoms with van der Waals surface area (Å²) in [6.07, 6.45) is 1.08. The molecular weight excluding hydrogens is 466 g/mol. The number of morpholine rings is 1. The Balaban J connectivity index is 1.62. The van der Waals surface area contributed by atoms with Gasteiger partial charge in [-0.05, 0) is 47.5 Å². The highest BCUT2D eigenvalue weighted by Gasteiger charge is 2.27. The molecule has 0 spiro atoms. The SMILES string of the molecule is C=CC(=O)Nc1cccc(C(C)(C)c2ccccc2Nc2ccc(N3CCOC(CO)C3)cc2OC)c1. The first kappa shape index (κ1) is 26.3. The monoisotopic (exact) mass is 501 g/mol. The van der Waals surface area contributed by atoms with Crippen molar-refractivity contribution in [3.8, 4) is 5.75 Å². The van der Waals surface area contributed by atoms with E-state index >= 15 is 0 Å². The summed E-state index contributed by atoms with van der Waals surface area (Å²) in [5.74, 6) is 0.489. The Morgan fingerprint density at radius 1 is 1.16 bits per heavy atom. The van der Waals surface area contributed by atoms with Crippen LogP contribution in [0.1, 0.15) is 25.0 Å². The third-order valence-electron chi connectivity index (χ3n) is 6.80. The number of amides is 1. The number of hydrogen-bond donors (Lipinski definition) is 3. The van der Waals surface area contributed by atoms with Crippen LogP contribution in [0, 0.1) is 0 Å². The molecule has 3 aromatic rings. The molecule has 3 N–H and O–H groups in total. The van der Waals surface area contributed by atoms with Crippen LogP contribution in [0.15, 0.2) is 79.4 Å². The minimum absolute atomic E-state index is 0.00335. The number of nitrogens with one attached hydrogen (secondary N) is 2. The van der Waals surface area contributed by atoms with Gasteiger partial charge in [0.15, 0.2) is 0 Å². The zero-order valence-electron chi connectivity index (χ0n) is 21.7. The van der Waals surface area contributed by atoms with Gasteiger partial charge in [-0.3, -0.25) is 4.79 Å². The average Bonchev–Trinajstić information content (AvgIpc) is 2.93. The van der Waals surface area contributed by atoms with Crippen molar-refractivity contribution in [1.82, 2.24) is 0 Å². The molecule has 1 aliphatic rings. The molecule has 194 valence electrons. The number of ether oxygens (including phenoxy) is 2. The van der Waals surface area contributed by atoms with Gasteiger partial charge in [-0.1, -0.05) is 50.8 Å². The number of carbonyl (C=O) groups excluding carboxylic acids is 1. The summed E-state index contributed by atoms with van der Waals surface area (Å²) in [6, 6.07) is 22.2. The third-order valence-corrected chi connectivity index (χ3v) is 6.80. The molecule has 1 atom stereocenters. The van der Waals surface area contributed by atoms with E-state index in [4.69, 9.17) is 9.47 Å². The second kappa shape index (κ2) is 11.5. The van der Waals surface area contributed by atoms with Crippen molar-refractivity contribution < 1.29 is 19.4 Å². The fourth-order valence-corrected chi connectivity index (χ4v) is 4.66. The summed E-state index contributed by atoms with van der Waals surface area (Å²) in [5, 5.41) is 15.9. The molecule has 1 unspecified atom stereocenters. The lowest BCUT2D eigenvalue weighted by atomic mass is 9.77. The molecule has 0 aliphatic carbocycles. The van der Waals surface area contributed by atoms with Gasteiger partial charge < -0.3 is 30.1 Å². The largest absolute Gasteiger partial charge is 0.494 e. The second-order valence-corrected chi connectivity index (χ2v) is 9.58. The molecule has 1 saturated heterocycles. The molecule has 7 nitrogen and oxygen atoms in total. The lowest BCUT2D eigenvalue weighted by Crippen LogP contribution is -2.44. The Morgan fingerprint density at radius 3 is 2.73 bits per heavy atom. The number of benzene rings is 3. The van der Waals surface area contributed by atoms with Gasteiger partial charge in [-0.2, -0.15) is 0 Å². The number of hydrogen-bond acceptors (Lipinski definition) is 6. The van der Waals surface area contributed by atoms with Gasteiger partial charge in [0.05, 0.1) is 32.1 Å². The van der Waals surface area contributed by atoms with E-state index in [1.165, 1.54) is 6.08 Å². The molecule has 0 saturated carbocycles. The first-order valence-corrected chi connectivity index (χ1v) is 12.4. The quantitative estimate of drug-likeness (QED) is 0.355. The minimum Gasteiger partial charge on any atom is -0.494 e. The first-order chi connectivity index (χ1) is 17.8. The van der Waals surface area contributed by atoms with Gasteiger partial charge in [-0.15, -0.1) is 0 Å². The first-order valence-electron chi connectivity index (χ1n) is 12.4. The van der Waals surface area contributed by atoms with Crippen molar-refractivity contribution in [2.75, 3.05) is 48.9 Å². The maximum Gasteiger partial charge on any atom is 0.247 e. The predicted octanol–water partition coefficient (Wildman–Crippen LogP) is 5.09. The van der Waals surface area contributed by atoms with E-state index in [1.54, 1.807) is 7.11 Å². The molecule has 1 fully saturated rings. The Kier molecular flexibility index (Phi) is 8.16. The molecular formula is C30H35N3O4. The number of nitrogens with zero attached hydrogens (tertiary/aromatic N) is 1. The highest BCUT2D eigenvalue weighted by atomic mass is 16.5. The topological polar surface area (TPSA) is 83.1 Å². The molecule has 0 aromatic heterocycles. The van der Waals surface area contributed by atoms with Crippen LogP contribution in [-0.4, -0.2) is 50.5 Å². The van der Waals surface area contributed by atoms with Crippen molar-refractivity contribution in [2.24, 2.45) is 0 Å². The van der Waals surface area contributed by atoms with Crippen LogP contribution >= 0.6 is 0 Å². The number of para-hydroxylation sites is 1. The molecule has 0 radical (unpaired) electrons. The standard InChI is InChI=1S/C30H35N3O4/c1-5-29(35)31-22-10-8-9-21(17-22)30(2,3)25-11-6-7-12-26(25)32-27-14-13-23(18-28(27)36-4)33-15-16-37-24(19-33)20-34/h5-14,17-18,24,32,34H,1,15-16,19-20H2,2-4H3,(H,31,35). The second-order valence-electron chi connectivity index (χ2n) is 9.58. The van der Waals surface area contributed by atoms with Gasteiger partial charge in [0, 0.05) is 41.6 Å². The van der Waals surface area contributed by atoms with Crippen LogP contribution in [0.2, 0.25) is 0 Å². The minimum atomic E-state index is -0.362. The maximum atomic E-state index is 11.8. The van der Waals surface area contributed by atoms with E-state index < -0.39 is 0 Å². The summed E-state index contributed by atoms with van der Waals surface area (Å²) < 4.78 is 11.3. The predicted molar refractivity (Wildman–Crippen MR) is 149 cm³/mol. The third kappa shape index (κ3) is 5.96. The van der Waals surface area contributed by atoms with Gasteiger partial charge in [-0.25, -0.2) is 0 Å². The fraction of sp³-hybridized carbons (Fsp3) is 0.300. The average molecular weight is 502 g/mol. The van der Waals surface area contributed by atoms with Gasteiger partial charge >= 0.3 is 0 Å². The number of methoxy groups -OCH3 is 1. The van der Waals surface area contributed by atoms with Crippen molar-refractivity contribution in [1.29, 1.82) is 0 Å². The molecule has 3 aromatic carbocycles. The number of aliphatic hydroxyl groups excluding tert-OH is 1. The van der Waals surface area contributed by atoms with Crippen LogP contribution in [0.4, 0.5) is 22.7 Å². The molecule has 1 aliphatic heterocycles. The summed E-state index contributed by atoms with van der Waals surface area (Å²) in [4.78, 5) is 14.0. The van der Waals surface area contributed by atoms with Crippen LogP contribution in [0.5, 0.6) is 5.75 Å². The van der Waals surface area contributed by atoms with Crippen LogP contribution in [0.3, 0.4) is 0 Å². The fourth-order valence-electron chi connectivity index (χ4n) is 4.66. The number of carbonyl (C=O) groups is 1. The van der Waals surface area contributed by atoms with E-state index in [1.807, 2.05) is 42.5 Å². The summed E-state index contributed by atoms with van der Waals surface area (Å²) in [7, 11) is 1.67. The highest BCUT2D eigenvalue weighted by Crippen LogP contribution is 2.40. The normalized spacial score (nSPS) is 15.7. The summed E-state index contributed by atoms with van der Waals surface area (Å²) in [6.45, 7) is 9.84. The molecule has 7 heteroatoms. The molecule has 4 rings (SSSR count). The van der Waals surface area contributed by atoms with Crippen molar-refractivity contribution >= 4 is 28.7 Å². The van der Waals surface area contributed by atoms with E-state index in [-0.39, 0.29) is 24.0 Å². The number of aliphatic hydroxyl groups is 1. The number of anilines is 4. The summed E-state index contributed by atoms with van der Waals surface area (Å²) >= 11 is 0. The van der Waals surface area contributed by atoms with Gasteiger partial charge in [0.1, 0.15) is 5.75 Å². The summed E-state index contributed by atoms with van der Waals surface area (Å²) in [5.41, 5.74) is 5.38. The van der Waals surface area contributed by atoms with Crippen molar-refractivity contribution in [2.45, 2.75) is 25.4 Å². The van der Waals surface area contributed by atoms with Crippen LogP contribution < -0.4 is 20.3 Å². The maximum absolute atomic E-state index is 11.8. The van der Waals surface area contributed by atoms with E-state index in [2.05, 4.69) is 60.2 Å². The van der Waals surface area contributed by atoms with Crippen molar-refractivity contribution in [3.05, 3.63) is 90.5 Å². The van der Waals surface area contributed by atoms with Crippen LogP contribution in [-0.2, 0) is 14.9 Å². The van der Waals surface area contributed by atoms with Gasteiger partial charge in [0.2, 0.25) is 5.91 Å². The molecule has 1 heterocycles. The Bertz CT molecular complexity index is 1260. The van der Waals surface area contributed by atoms with Crippen molar-refractivity contribution in [3.63, 3.8) is 0 Å². The number of rotatable bonds is 9. The zero-order chi connectivity index (χ0) is 26.4. The van der Waals surface area contributed by atoms with Crippen LogP contribution in [0.25, 0.3) is 0 Å². The smallest absolute Gasteiger partial charge is 0.247 e. The lowest BCUT2D eigenvalue weighted by Gasteiger charge is -2.34. The lowest BCUT2D eigenvalue weighted by molar-refractivity contribution is -0.111. The van der Waals surface area contributed by atoms with Gasteiger partial charge in [0.25, 0.3) is 0 Å². The van der Waals surface area contributed by atoms with E-state index in [9.17, 15) is 9.90 Å². The van der Waals surface area contributed by atoms with E-state index in [0.29, 0.717) is 13.2 Å². The van der Waals surface area contributed by atoms with E-state index in [0.717, 1.165) is 46.2 Å². The molecule has 37 heavy (non-hydrogen) atoms. The Labute approximate surface area is 218 Å². The molecule has 1 amide bonds.